The highest BCUT2D eigenvalue weighted by Crippen LogP contribution is 2.31. The number of benzene rings is 1. The van der Waals surface area contributed by atoms with Crippen LogP contribution in [-0.2, 0) is 9.47 Å². The second kappa shape index (κ2) is 5.26. The fourth-order valence-electron chi connectivity index (χ4n) is 3.23. The van der Waals surface area contributed by atoms with E-state index in [0.717, 1.165) is 11.8 Å². The minimum absolute atomic E-state index is 0.0161. The molecule has 1 unspecified atom stereocenters. The zero-order chi connectivity index (χ0) is 15.2. The smallest absolute Gasteiger partial charge is 0.254 e. The van der Waals surface area contributed by atoms with Gasteiger partial charge in [0.1, 0.15) is 5.60 Å². The minimum Gasteiger partial charge on any atom is -0.463 e. The SMILES string of the molecule is O=C(c1ccc(Cl)c2occc12)N1CCOC2(CCOC2)C1. The first-order valence-electron chi connectivity index (χ1n) is 7.35. The molecule has 4 rings (SSSR count). The zero-order valence-corrected chi connectivity index (χ0v) is 12.8. The van der Waals surface area contributed by atoms with Gasteiger partial charge in [0.25, 0.3) is 5.91 Å². The summed E-state index contributed by atoms with van der Waals surface area (Å²) in [4.78, 5) is 14.7. The van der Waals surface area contributed by atoms with Crippen LogP contribution >= 0.6 is 11.6 Å². The molecule has 1 atom stereocenters. The highest BCUT2D eigenvalue weighted by molar-refractivity contribution is 6.35. The van der Waals surface area contributed by atoms with Gasteiger partial charge < -0.3 is 18.8 Å². The van der Waals surface area contributed by atoms with Crippen molar-refractivity contribution in [1.82, 2.24) is 4.90 Å². The van der Waals surface area contributed by atoms with Crippen LogP contribution in [0.2, 0.25) is 5.02 Å². The number of carbonyl (C=O) groups excluding carboxylic acids is 1. The van der Waals surface area contributed by atoms with E-state index in [-0.39, 0.29) is 11.5 Å². The molecule has 6 heteroatoms. The third-order valence-electron chi connectivity index (χ3n) is 4.40. The Balaban J connectivity index is 1.65. The summed E-state index contributed by atoms with van der Waals surface area (Å²) in [7, 11) is 0. The maximum absolute atomic E-state index is 12.9. The van der Waals surface area contributed by atoms with Crippen molar-refractivity contribution in [3.05, 3.63) is 35.0 Å². The van der Waals surface area contributed by atoms with Crippen LogP contribution in [0.1, 0.15) is 16.8 Å². The molecule has 2 saturated heterocycles. The Kier molecular flexibility index (Phi) is 3.36. The summed E-state index contributed by atoms with van der Waals surface area (Å²) in [6.45, 7) is 2.93. The summed E-state index contributed by atoms with van der Waals surface area (Å²) in [6.07, 6.45) is 2.39. The molecule has 2 aliphatic heterocycles. The molecule has 0 radical (unpaired) electrons. The summed E-state index contributed by atoms with van der Waals surface area (Å²) in [5.74, 6) is -0.0161. The van der Waals surface area contributed by atoms with E-state index in [1.807, 2.05) is 4.90 Å². The average molecular weight is 322 g/mol. The Morgan fingerprint density at radius 2 is 2.18 bits per heavy atom. The molecule has 3 heterocycles. The number of morpholine rings is 1. The molecule has 116 valence electrons. The van der Waals surface area contributed by atoms with E-state index in [2.05, 4.69) is 0 Å². The molecule has 0 N–H and O–H groups in total. The Hall–Kier alpha value is -1.56. The molecule has 1 aromatic heterocycles. The third kappa shape index (κ3) is 2.20. The van der Waals surface area contributed by atoms with Crippen molar-refractivity contribution >= 4 is 28.5 Å². The highest BCUT2D eigenvalue weighted by Gasteiger charge is 2.42. The maximum atomic E-state index is 12.9. The monoisotopic (exact) mass is 321 g/mol. The van der Waals surface area contributed by atoms with E-state index in [4.69, 9.17) is 25.5 Å². The molecule has 2 fully saturated rings. The molecule has 1 aromatic carbocycles. The number of furan rings is 1. The molecule has 2 aliphatic rings. The van der Waals surface area contributed by atoms with Gasteiger partial charge in [-0.05, 0) is 18.2 Å². The lowest BCUT2D eigenvalue weighted by Crippen LogP contribution is -2.54. The number of halogens is 1. The van der Waals surface area contributed by atoms with Crippen LogP contribution in [0.4, 0.5) is 0 Å². The maximum Gasteiger partial charge on any atom is 0.254 e. The Morgan fingerprint density at radius 1 is 1.27 bits per heavy atom. The van der Waals surface area contributed by atoms with Crippen LogP contribution in [0.3, 0.4) is 0 Å². The van der Waals surface area contributed by atoms with E-state index in [1.54, 1.807) is 24.5 Å². The van der Waals surface area contributed by atoms with Gasteiger partial charge in [0.2, 0.25) is 0 Å². The van der Waals surface area contributed by atoms with Crippen molar-refractivity contribution in [2.45, 2.75) is 12.0 Å². The van der Waals surface area contributed by atoms with Gasteiger partial charge in [-0.15, -0.1) is 0 Å². The predicted molar refractivity (Wildman–Crippen MR) is 81.2 cm³/mol. The molecule has 22 heavy (non-hydrogen) atoms. The van der Waals surface area contributed by atoms with Gasteiger partial charge in [0, 0.05) is 25.0 Å². The number of carbonyl (C=O) groups is 1. The van der Waals surface area contributed by atoms with Gasteiger partial charge in [-0.2, -0.15) is 0 Å². The van der Waals surface area contributed by atoms with Gasteiger partial charge in [-0.25, -0.2) is 0 Å². The van der Waals surface area contributed by atoms with Crippen LogP contribution in [0, 0.1) is 0 Å². The molecule has 0 aliphatic carbocycles. The molecule has 1 spiro atoms. The van der Waals surface area contributed by atoms with Gasteiger partial charge >= 0.3 is 0 Å². The fourth-order valence-corrected chi connectivity index (χ4v) is 3.44. The van der Waals surface area contributed by atoms with E-state index >= 15 is 0 Å². The summed E-state index contributed by atoms with van der Waals surface area (Å²) in [5, 5.41) is 1.26. The Bertz CT molecular complexity index is 720. The van der Waals surface area contributed by atoms with Crippen molar-refractivity contribution < 1.29 is 18.7 Å². The molecule has 5 nitrogen and oxygen atoms in total. The van der Waals surface area contributed by atoms with E-state index in [9.17, 15) is 4.79 Å². The molecular formula is C16H16ClNO4. The number of hydrogen-bond acceptors (Lipinski definition) is 4. The van der Waals surface area contributed by atoms with Crippen LogP contribution in [-0.4, -0.2) is 49.3 Å². The lowest BCUT2D eigenvalue weighted by atomic mass is 9.99. The van der Waals surface area contributed by atoms with E-state index < -0.39 is 0 Å². The topological polar surface area (TPSA) is 51.9 Å². The van der Waals surface area contributed by atoms with Crippen LogP contribution in [0.25, 0.3) is 11.0 Å². The van der Waals surface area contributed by atoms with Crippen molar-refractivity contribution in [2.24, 2.45) is 0 Å². The second-order valence-electron chi connectivity index (χ2n) is 5.82. The fraction of sp³-hybridized carbons (Fsp3) is 0.438. The molecular weight excluding hydrogens is 306 g/mol. The van der Waals surface area contributed by atoms with Gasteiger partial charge in [0.05, 0.1) is 36.6 Å². The molecule has 2 aromatic rings. The predicted octanol–water partition coefficient (Wildman–Crippen LogP) is 2.72. The summed E-state index contributed by atoms with van der Waals surface area (Å²) < 4.78 is 16.7. The molecule has 1 amide bonds. The van der Waals surface area contributed by atoms with Crippen LogP contribution in [0.5, 0.6) is 0 Å². The Labute approximate surface area is 132 Å². The molecule has 0 saturated carbocycles. The van der Waals surface area contributed by atoms with E-state index in [0.29, 0.717) is 49.1 Å². The van der Waals surface area contributed by atoms with E-state index in [1.165, 1.54) is 0 Å². The first-order chi connectivity index (χ1) is 10.7. The summed E-state index contributed by atoms with van der Waals surface area (Å²) in [6, 6.07) is 5.24. The van der Waals surface area contributed by atoms with Crippen LogP contribution in [0.15, 0.2) is 28.9 Å². The van der Waals surface area contributed by atoms with Gasteiger partial charge in [0.15, 0.2) is 5.58 Å². The first-order valence-corrected chi connectivity index (χ1v) is 7.73. The quantitative estimate of drug-likeness (QED) is 0.810. The van der Waals surface area contributed by atoms with Crippen LogP contribution < -0.4 is 0 Å². The van der Waals surface area contributed by atoms with Crippen molar-refractivity contribution in [3.8, 4) is 0 Å². The van der Waals surface area contributed by atoms with Crippen molar-refractivity contribution in [3.63, 3.8) is 0 Å². The molecule has 0 bridgehead atoms. The number of hydrogen-bond donors (Lipinski definition) is 0. The number of ether oxygens (including phenoxy) is 2. The standard InChI is InChI=1S/C16H16ClNO4/c17-13-2-1-12(11-3-6-21-14(11)13)15(19)18-5-8-22-16(9-18)4-7-20-10-16/h1-3,6H,4-5,7-10H2. The van der Waals surface area contributed by atoms with Crippen molar-refractivity contribution in [2.75, 3.05) is 32.9 Å². The number of amides is 1. The average Bonchev–Trinajstić information content (AvgIpc) is 3.18. The zero-order valence-electron chi connectivity index (χ0n) is 12.0. The number of nitrogens with zero attached hydrogens (tertiary/aromatic N) is 1. The number of fused-ring (bicyclic) bond motifs is 1. The lowest BCUT2D eigenvalue weighted by Gasteiger charge is -2.39. The van der Waals surface area contributed by atoms with Crippen molar-refractivity contribution in [1.29, 1.82) is 0 Å². The largest absolute Gasteiger partial charge is 0.463 e. The lowest BCUT2D eigenvalue weighted by molar-refractivity contribution is -0.0995. The number of rotatable bonds is 1. The minimum atomic E-state index is -0.337. The summed E-state index contributed by atoms with van der Waals surface area (Å²) >= 11 is 6.10. The Morgan fingerprint density at radius 3 is 3.00 bits per heavy atom. The second-order valence-corrected chi connectivity index (χ2v) is 6.23. The van der Waals surface area contributed by atoms with Gasteiger partial charge in [-0.1, -0.05) is 11.6 Å². The van der Waals surface area contributed by atoms with Gasteiger partial charge in [-0.3, -0.25) is 4.79 Å². The first kappa shape index (κ1) is 14.1. The highest BCUT2D eigenvalue weighted by atomic mass is 35.5. The summed E-state index contributed by atoms with van der Waals surface area (Å²) in [5.41, 5.74) is 0.833. The third-order valence-corrected chi connectivity index (χ3v) is 4.70. The normalized spacial score (nSPS) is 25.2.